The Hall–Kier alpha value is -2.45. The number of methoxy groups -OCH3 is 1. The lowest BCUT2D eigenvalue weighted by molar-refractivity contribution is 0.0690. The van der Waals surface area contributed by atoms with Gasteiger partial charge in [0.15, 0.2) is 5.69 Å². The smallest absolute Gasteiger partial charge is 0.355 e. The summed E-state index contributed by atoms with van der Waals surface area (Å²) in [5, 5.41) is 13.8. The maximum Gasteiger partial charge on any atom is 0.355 e. The Morgan fingerprint density at radius 3 is 2.88 bits per heavy atom. The van der Waals surface area contributed by atoms with Crippen LogP contribution in [0.4, 0.5) is 0 Å². The molecular weight excluding hydrogens is 332 g/mol. The van der Waals surface area contributed by atoms with Gasteiger partial charge in [-0.1, -0.05) is 6.07 Å². The predicted molar refractivity (Wildman–Crippen MR) is 88.9 cm³/mol. The summed E-state index contributed by atoms with van der Waals surface area (Å²) in [6.07, 6.45) is 0.480. The van der Waals surface area contributed by atoms with E-state index in [0.717, 1.165) is 0 Å². The van der Waals surface area contributed by atoms with Gasteiger partial charge in [-0.25, -0.2) is 9.78 Å². The fourth-order valence-corrected chi connectivity index (χ4v) is 2.65. The van der Waals surface area contributed by atoms with Crippen molar-refractivity contribution in [3.8, 4) is 5.75 Å². The van der Waals surface area contributed by atoms with Crippen LogP contribution in [0.3, 0.4) is 0 Å². The van der Waals surface area contributed by atoms with Crippen molar-refractivity contribution in [3.63, 3.8) is 0 Å². The maximum absolute atomic E-state index is 12.1. The number of aromatic nitrogens is 1. The molecule has 2 aromatic rings. The van der Waals surface area contributed by atoms with Gasteiger partial charge in [0.25, 0.3) is 5.91 Å². The number of benzene rings is 1. The normalized spacial score (nSPS) is 10.4. The number of carboxylic acid groups (broad SMARTS) is 1. The highest BCUT2D eigenvalue weighted by Gasteiger charge is 2.10. The van der Waals surface area contributed by atoms with E-state index < -0.39 is 5.97 Å². The molecule has 0 atom stereocenters. The van der Waals surface area contributed by atoms with E-state index in [-0.39, 0.29) is 11.6 Å². The second-order valence-corrected chi connectivity index (χ2v) is 5.75. The standard InChI is InChI=1S/C16H18N2O5S/c1-22-7-8-23-12-4-2-3-11(9-12)15(19)17-6-5-14-18-13(10-24-14)16(20)21/h2-4,9-10H,5-8H2,1H3,(H,17,19)(H,20,21). The molecule has 0 saturated carbocycles. The Kier molecular flexibility index (Phi) is 6.71. The summed E-state index contributed by atoms with van der Waals surface area (Å²) in [4.78, 5) is 26.9. The molecule has 0 aliphatic carbocycles. The van der Waals surface area contributed by atoms with Crippen LogP contribution in [0.2, 0.25) is 0 Å². The van der Waals surface area contributed by atoms with Crippen molar-refractivity contribution in [2.24, 2.45) is 0 Å². The third-order valence-corrected chi connectivity index (χ3v) is 3.96. The highest BCUT2D eigenvalue weighted by molar-refractivity contribution is 7.09. The number of hydrogen-bond donors (Lipinski definition) is 2. The molecule has 0 saturated heterocycles. The van der Waals surface area contributed by atoms with Gasteiger partial charge in [-0.05, 0) is 18.2 Å². The van der Waals surface area contributed by atoms with Crippen LogP contribution in [0.15, 0.2) is 29.6 Å². The summed E-state index contributed by atoms with van der Waals surface area (Å²) in [6.45, 7) is 1.26. The number of aromatic carboxylic acids is 1. The van der Waals surface area contributed by atoms with E-state index in [1.807, 2.05) is 0 Å². The van der Waals surface area contributed by atoms with E-state index in [0.29, 0.717) is 42.5 Å². The second-order valence-electron chi connectivity index (χ2n) is 4.81. The van der Waals surface area contributed by atoms with E-state index in [2.05, 4.69) is 10.3 Å². The van der Waals surface area contributed by atoms with Crippen molar-refractivity contribution >= 4 is 23.2 Å². The summed E-state index contributed by atoms with van der Waals surface area (Å²) in [6, 6.07) is 6.88. The molecule has 8 heteroatoms. The number of carboxylic acids is 1. The Morgan fingerprint density at radius 2 is 2.17 bits per heavy atom. The first kappa shape index (κ1) is 17.9. The molecule has 0 aliphatic heterocycles. The third-order valence-electron chi connectivity index (χ3n) is 3.05. The van der Waals surface area contributed by atoms with E-state index in [1.165, 1.54) is 16.7 Å². The van der Waals surface area contributed by atoms with Crippen LogP contribution < -0.4 is 10.1 Å². The number of hydrogen-bond acceptors (Lipinski definition) is 6. The Balaban J connectivity index is 1.83. The monoisotopic (exact) mass is 350 g/mol. The SMILES string of the molecule is COCCOc1cccc(C(=O)NCCc2nc(C(=O)O)cs2)c1. The third kappa shape index (κ3) is 5.32. The van der Waals surface area contributed by atoms with Gasteiger partial charge >= 0.3 is 5.97 Å². The highest BCUT2D eigenvalue weighted by atomic mass is 32.1. The van der Waals surface area contributed by atoms with Gasteiger partial charge in [0, 0.05) is 31.0 Å². The van der Waals surface area contributed by atoms with E-state index in [1.54, 1.807) is 31.4 Å². The first-order valence-electron chi connectivity index (χ1n) is 7.28. The molecule has 0 radical (unpaired) electrons. The highest BCUT2D eigenvalue weighted by Crippen LogP contribution is 2.13. The lowest BCUT2D eigenvalue weighted by Gasteiger charge is -2.08. The van der Waals surface area contributed by atoms with Crippen molar-refractivity contribution in [2.45, 2.75) is 6.42 Å². The maximum atomic E-state index is 12.1. The van der Waals surface area contributed by atoms with Crippen LogP contribution in [0.5, 0.6) is 5.75 Å². The van der Waals surface area contributed by atoms with Crippen LogP contribution in [0, 0.1) is 0 Å². The molecular formula is C16H18N2O5S. The quantitative estimate of drug-likeness (QED) is 0.670. The van der Waals surface area contributed by atoms with Gasteiger partial charge in [0.1, 0.15) is 12.4 Å². The van der Waals surface area contributed by atoms with Gasteiger partial charge < -0.3 is 19.9 Å². The molecule has 1 amide bonds. The van der Waals surface area contributed by atoms with Crippen LogP contribution in [0.1, 0.15) is 25.9 Å². The van der Waals surface area contributed by atoms with Crippen molar-refractivity contribution in [3.05, 3.63) is 45.9 Å². The molecule has 0 bridgehead atoms. The molecule has 0 fully saturated rings. The molecule has 0 spiro atoms. The van der Waals surface area contributed by atoms with Gasteiger partial charge in [0.2, 0.25) is 0 Å². The Morgan fingerprint density at radius 1 is 1.33 bits per heavy atom. The lowest BCUT2D eigenvalue weighted by Crippen LogP contribution is -2.25. The zero-order chi connectivity index (χ0) is 17.4. The number of nitrogens with zero attached hydrogens (tertiary/aromatic N) is 1. The summed E-state index contributed by atoms with van der Waals surface area (Å²) in [5.41, 5.74) is 0.525. The predicted octanol–water partition coefficient (Wildman–Crippen LogP) is 1.84. The molecule has 0 aliphatic rings. The number of carbonyl (C=O) groups excluding carboxylic acids is 1. The molecule has 1 heterocycles. The van der Waals surface area contributed by atoms with E-state index >= 15 is 0 Å². The Bertz CT molecular complexity index is 701. The minimum atomic E-state index is -1.05. The average molecular weight is 350 g/mol. The minimum absolute atomic E-state index is 0.0298. The number of amides is 1. The molecule has 128 valence electrons. The fraction of sp³-hybridized carbons (Fsp3) is 0.312. The summed E-state index contributed by atoms with van der Waals surface area (Å²) in [7, 11) is 1.59. The number of carbonyl (C=O) groups is 2. The lowest BCUT2D eigenvalue weighted by atomic mass is 10.2. The van der Waals surface area contributed by atoms with Crippen LogP contribution in [-0.4, -0.2) is 48.8 Å². The zero-order valence-electron chi connectivity index (χ0n) is 13.2. The molecule has 1 aromatic heterocycles. The average Bonchev–Trinajstić information content (AvgIpc) is 3.04. The molecule has 0 unspecified atom stereocenters. The molecule has 24 heavy (non-hydrogen) atoms. The van der Waals surface area contributed by atoms with E-state index in [9.17, 15) is 9.59 Å². The van der Waals surface area contributed by atoms with Crippen molar-refractivity contribution in [1.29, 1.82) is 0 Å². The summed E-state index contributed by atoms with van der Waals surface area (Å²) < 4.78 is 10.4. The first-order chi connectivity index (χ1) is 11.6. The number of ether oxygens (including phenoxy) is 2. The number of thiazole rings is 1. The van der Waals surface area contributed by atoms with Gasteiger partial charge in [-0.3, -0.25) is 4.79 Å². The number of nitrogens with one attached hydrogen (secondary N) is 1. The van der Waals surface area contributed by atoms with Crippen molar-refractivity contribution in [2.75, 3.05) is 26.9 Å². The molecule has 2 N–H and O–H groups in total. The largest absolute Gasteiger partial charge is 0.491 e. The fourth-order valence-electron chi connectivity index (χ4n) is 1.88. The van der Waals surface area contributed by atoms with Crippen molar-refractivity contribution < 1.29 is 24.2 Å². The van der Waals surface area contributed by atoms with Crippen LogP contribution in [0.25, 0.3) is 0 Å². The summed E-state index contributed by atoms with van der Waals surface area (Å²) >= 11 is 1.26. The molecule has 7 nitrogen and oxygen atoms in total. The van der Waals surface area contributed by atoms with Gasteiger partial charge in [-0.15, -0.1) is 11.3 Å². The molecule has 2 rings (SSSR count). The summed E-state index contributed by atoms with van der Waals surface area (Å²) in [5.74, 6) is -0.667. The van der Waals surface area contributed by atoms with Crippen molar-refractivity contribution in [1.82, 2.24) is 10.3 Å². The Labute approximate surface area is 143 Å². The minimum Gasteiger partial charge on any atom is -0.491 e. The zero-order valence-corrected chi connectivity index (χ0v) is 14.0. The topological polar surface area (TPSA) is 97.8 Å². The first-order valence-corrected chi connectivity index (χ1v) is 8.16. The van der Waals surface area contributed by atoms with E-state index in [4.69, 9.17) is 14.6 Å². The van der Waals surface area contributed by atoms with Crippen LogP contribution in [-0.2, 0) is 11.2 Å². The van der Waals surface area contributed by atoms with Gasteiger partial charge in [0.05, 0.1) is 11.6 Å². The molecule has 1 aromatic carbocycles. The van der Waals surface area contributed by atoms with Gasteiger partial charge in [-0.2, -0.15) is 0 Å². The second kappa shape index (κ2) is 8.99. The number of rotatable bonds is 9. The van der Waals surface area contributed by atoms with Crippen LogP contribution >= 0.6 is 11.3 Å².